The summed E-state index contributed by atoms with van der Waals surface area (Å²) in [5.74, 6) is -0.597. The van der Waals surface area contributed by atoms with E-state index in [1.807, 2.05) is 19.1 Å². The number of amides is 2. The van der Waals surface area contributed by atoms with E-state index in [1.54, 1.807) is 42.5 Å². The van der Waals surface area contributed by atoms with Crippen LogP contribution in [-0.4, -0.2) is 17.9 Å². The first-order valence-electron chi connectivity index (χ1n) is 6.87. The van der Waals surface area contributed by atoms with Gasteiger partial charge in [0.2, 0.25) is 0 Å². The fourth-order valence-corrected chi connectivity index (χ4v) is 3.05. The fraction of sp³-hybridized carbons (Fsp3) is 0.176. The van der Waals surface area contributed by atoms with Crippen molar-refractivity contribution in [3.63, 3.8) is 0 Å². The molecule has 4 rings (SSSR count). The van der Waals surface area contributed by atoms with Gasteiger partial charge in [-0.15, -0.1) is 0 Å². The molecule has 1 spiro atoms. The molecule has 104 valence electrons. The molecule has 21 heavy (non-hydrogen) atoms. The number of benzene rings is 2. The van der Waals surface area contributed by atoms with E-state index in [4.69, 9.17) is 4.74 Å². The van der Waals surface area contributed by atoms with Crippen molar-refractivity contribution in [1.29, 1.82) is 0 Å². The van der Waals surface area contributed by atoms with E-state index < -0.39 is 5.60 Å². The van der Waals surface area contributed by atoms with Crippen molar-refractivity contribution >= 4 is 17.5 Å². The molecule has 2 aromatic rings. The monoisotopic (exact) mass is 279 g/mol. The molecule has 2 amide bonds. The molecule has 0 bridgehead atoms. The molecule has 2 aromatic carbocycles. The van der Waals surface area contributed by atoms with Crippen LogP contribution in [0.1, 0.15) is 22.8 Å². The highest BCUT2D eigenvalue weighted by Gasteiger charge is 2.66. The van der Waals surface area contributed by atoms with Crippen LogP contribution in [0, 0.1) is 0 Å². The number of epoxide rings is 1. The zero-order valence-corrected chi connectivity index (χ0v) is 11.4. The second kappa shape index (κ2) is 4.02. The summed E-state index contributed by atoms with van der Waals surface area (Å²) in [6.07, 6.45) is -0.217. The van der Waals surface area contributed by atoms with Gasteiger partial charge in [0, 0.05) is 11.1 Å². The van der Waals surface area contributed by atoms with Crippen LogP contribution in [0.2, 0.25) is 0 Å². The van der Waals surface area contributed by atoms with Crippen molar-refractivity contribution < 1.29 is 14.3 Å². The zero-order valence-electron chi connectivity index (χ0n) is 11.4. The molecule has 0 saturated carbocycles. The summed E-state index contributed by atoms with van der Waals surface area (Å²) in [5.41, 5.74) is 0.787. The minimum Gasteiger partial charge on any atom is -0.351 e. The summed E-state index contributed by atoms with van der Waals surface area (Å²) in [6, 6.07) is 16.1. The molecule has 2 heterocycles. The van der Waals surface area contributed by atoms with Gasteiger partial charge in [0.25, 0.3) is 11.8 Å². The second-order valence-electron chi connectivity index (χ2n) is 5.32. The summed E-state index contributed by atoms with van der Waals surface area (Å²) in [4.78, 5) is 26.8. The molecule has 0 aromatic heterocycles. The number of rotatable bonds is 1. The molecule has 0 N–H and O–H groups in total. The van der Waals surface area contributed by atoms with Gasteiger partial charge < -0.3 is 4.74 Å². The molecular weight excluding hydrogens is 266 g/mol. The summed E-state index contributed by atoms with van der Waals surface area (Å²) in [5, 5.41) is 0. The van der Waals surface area contributed by atoms with Crippen molar-refractivity contribution in [3.05, 3.63) is 65.7 Å². The van der Waals surface area contributed by atoms with Crippen LogP contribution in [0.25, 0.3) is 0 Å². The largest absolute Gasteiger partial charge is 0.351 e. The van der Waals surface area contributed by atoms with E-state index in [2.05, 4.69) is 0 Å². The molecule has 2 atom stereocenters. The maximum absolute atomic E-state index is 12.9. The predicted octanol–water partition coefficient (Wildman–Crippen LogP) is 2.49. The van der Waals surface area contributed by atoms with Gasteiger partial charge in [0.15, 0.2) is 5.60 Å². The zero-order chi connectivity index (χ0) is 14.6. The highest BCUT2D eigenvalue weighted by molar-refractivity contribution is 6.27. The van der Waals surface area contributed by atoms with Gasteiger partial charge >= 0.3 is 0 Å². The van der Waals surface area contributed by atoms with Crippen LogP contribution in [0.4, 0.5) is 5.69 Å². The van der Waals surface area contributed by atoms with Crippen LogP contribution in [-0.2, 0) is 15.1 Å². The lowest BCUT2D eigenvalue weighted by Gasteiger charge is -2.31. The van der Waals surface area contributed by atoms with Gasteiger partial charge in [0.05, 0.1) is 11.8 Å². The SMILES string of the molecule is C[C@H]1O[C@]12C(=O)N(c1ccccc1)C(=O)c1ccccc12. The summed E-state index contributed by atoms with van der Waals surface area (Å²) < 4.78 is 5.64. The quantitative estimate of drug-likeness (QED) is 0.595. The Morgan fingerprint density at radius 3 is 2.29 bits per heavy atom. The minimum atomic E-state index is -1.000. The minimum absolute atomic E-state index is 0.217. The Morgan fingerprint density at radius 1 is 1.00 bits per heavy atom. The van der Waals surface area contributed by atoms with Gasteiger partial charge in [0.1, 0.15) is 0 Å². The van der Waals surface area contributed by atoms with Gasteiger partial charge in [-0.3, -0.25) is 9.59 Å². The van der Waals surface area contributed by atoms with Crippen LogP contribution < -0.4 is 4.90 Å². The Balaban J connectivity index is 1.93. The van der Waals surface area contributed by atoms with Crippen molar-refractivity contribution in [1.82, 2.24) is 0 Å². The maximum Gasteiger partial charge on any atom is 0.273 e. The molecule has 0 unspecified atom stereocenters. The molecule has 4 heteroatoms. The van der Waals surface area contributed by atoms with Crippen molar-refractivity contribution in [3.8, 4) is 0 Å². The average Bonchev–Trinajstić information content (AvgIpc) is 3.19. The number of imide groups is 1. The number of carbonyl (C=O) groups excluding carboxylic acids is 2. The Morgan fingerprint density at radius 2 is 1.62 bits per heavy atom. The molecule has 2 aliphatic heterocycles. The molecular formula is C17H13NO3. The Labute approximate surface area is 121 Å². The maximum atomic E-state index is 12.9. The van der Waals surface area contributed by atoms with E-state index in [1.165, 1.54) is 4.90 Å². The number of carbonyl (C=O) groups is 2. The number of ether oxygens (including phenoxy) is 1. The van der Waals surface area contributed by atoms with Gasteiger partial charge in [-0.2, -0.15) is 0 Å². The molecule has 2 aliphatic rings. The van der Waals surface area contributed by atoms with Gasteiger partial charge in [-0.05, 0) is 25.1 Å². The number of hydrogen-bond donors (Lipinski definition) is 0. The van der Waals surface area contributed by atoms with E-state index in [0.717, 1.165) is 0 Å². The van der Waals surface area contributed by atoms with E-state index >= 15 is 0 Å². The normalized spacial score (nSPS) is 26.9. The van der Waals surface area contributed by atoms with E-state index in [9.17, 15) is 9.59 Å². The smallest absolute Gasteiger partial charge is 0.273 e. The molecule has 4 nitrogen and oxygen atoms in total. The van der Waals surface area contributed by atoms with E-state index in [0.29, 0.717) is 16.8 Å². The number of anilines is 1. The first kappa shape index (κ1) is 12.3. The second-order valence-corrected chi connectivity index (χ2v) is 5.32. The first-order chi connectivity index (χ1) is 10.2. The number of nitrogens with zero attached hydrogens (tertiary/aromatic N) is 1. The fourth-order valence-electron chi connectivity index (χ4n) is 3.05. The highest BCUT2D eigenvalue weighted by Crippen LogP contribution is 2.51. The Hall–Kier alpha value is -2.46. The number of para-hydroxylation sites is 1. The van der Waals surface area contributed by atoms with Crippen molar-refractivity contribution in [2.75, 3.05) is 4.90 Å². The van der Waals surface area contributed by atoms with Crippen LogP contribution in [0.5, 0.6) is 0 Å². The summed E-state index contributed by atoms with van der Waals surface area (Å²) in [6.45, 7) is 1.85. The molecule has 1 saturated heterocycles. The standard InChI is InChI=1S/C17H13NO3/c1-11-17(21-11)14-10-6-5-9-13(14)15(19)18(16(17)20)12-7-3-2-4-8-12/h2-11H,1H3/t11-,17-/m1/s1. The summed E-state index contributed by atoms with van der Waals surface area (Å²) >= 11 is 0. The molecule has 0 aliphatic carbocycles. The topological polar surface area (TPSA) is 49.9 Å². The Bertz CT molecular complexity index is 756. The lowest BCUT2D eigenvalue weighted by atomic mass is 9.86. The summed E-state index contributed by atoms with van der Waals surface area (Å²) in [7, 11) is 0. The van der Waals surface area contributed by atoms with E-state index in [-0.39, 0.29) is 17.9 Å². The number of hydrogen-bond acceptors (Lipinski definition) is 3. The van der Waals surface area contributed by atoms with Crippen LogP contribution in [0.3, 0.4) is 0 Å². The average molecular weight is 279 g/mol. The third kappa shape index (κ3) is 1.48. The van der Waals surface area contributed by atoms with Gasteiger partial charge in [-0.1, -0.05) is 36.4 Å². The first-order valence-corrected chi connectivity index (χ1v) is 6.87. The van der Waals surface area contributed by atoms with Crippen molar-refractivity contribution in [2.45, 2.75) is 18.6 Å². The van der Waals surface area contributed by atoms with Crippen LogP contribution >= 0.6 is 0 Å². The van der Waals surface area contributed by atoms with Gasteiger partial charge in [-0.25, -0.2) is 4.90 Å². The van der Waals surface area contributed by atoms with Crippen LogP contribution in [0.15, 0.2) is 54.6 Å². The highest BCUT2D eigenvalue weighted by atomic mass is 16.6. The van der Waals surface area contributed by atoms with Crippen molar-refractivity contribution in [2.24, 2.45) is 0 Å². The number of fused-ring (bicyclic) bond motifs is 2. The third-order valence-corrected chi connectivity index (χ3v) is 4.17. The molecule has 0 radical (unpaired) electrons. The predicted molar refractivity (Wildman–Crippen MR) is 76.9 cm³/mol. The lowest BCUT2D eigenvalue weighted by molar-refractivity contribution is -0.123. The lowest BCUT2D eigenvalue weighted by Crippen LogP contribution is -2.50. The Kier molecular flexibility index (Phi) is 2.35. The third-order valence-electron chi connectivity index (χ3n) is 4.17. The molecule has 1 fully saturated rings.